The highest BCUT2D eigenvalue weighted by Crippen LogP contribution is 2.23. The molecule has 0 saturated carbocycles. The van der Waals surface area contributed by atoms with Crippen molar-refractivity contribution < 1.29 is 13.2 Å². The van der Waals surface area contributed by atoms with Crippen LogP contribution in [0.25, 0.3) is 0 Å². The van der Waals surface area contributed by atoms with Gasteiger partial charge in [0.2, 0.25) is 9.47 Å². The fourth-order valence-corrected chi connectivity index (χ4v) is 2.85. The summed E-state index contributed by atoms with van der Waals surface area (Å²) in [4.78, 5) is 11.8. The third kappa shape index (κ3) is 3.49. The van der Waals surface area contributed by atoms with Crippen molar-refractivity contribution in [2.75, 3.05) is 5.32 Å². The Morgan fingerprint density at radius 1 is 1.26 bits per heavy atom. The summed E-state index contributed by atoms with van der Waals surface area (Å²) < 4.78 is 21.6. The van der Waals surface area contributed by atoms with Gasteiger partial charge in [0.25, 0.3) is 15.0 Å². The van der Waals surface area contributed by atoms with Gasteiger partial charge < -0.3 is 0 Å². The van der Waals surface area contributed by atoms with E-state index >= 15 is 0 Å². The van der Waals surface area contributed by atoms with Crippen molar-refractivity contribution in [1.29, 1.82) is 0 Å². The van der Waals surface area contributed by atoms with E-state index in [2.05, 4.69) is 15.5 Å². The minimum absolute atomic E-state index is 0.0739. The van der Waals surface area contributed by atoms with Crippen LogP contribution in [-0.4, -0.2) is 24.5 Å². The number of nitrogens with one attached hydrogen (secondary N) is 1. The first-order valence-electron chi connectivity index (χ1n) is 5.02. The number of amides is 1. The molecular formula is C10H8ClN3O3S2. The molecule has 1 amide bonds. The highest BCUT2D eigenvalue weighted by molar-refractivity contribution is 8.15. The van der Waals surface area contributed by atoms with Gasteiger partial charge in [-0.05, 0) is 19.1 Å². The Kier molecular flexibility index (Phi) is 3.83. The quantitative estimate of drug-likeness (QED) is 0.691. The van der Waals surface area contributed by atoms with Crippen molar-refractivity contribution in [3.63, 3.8) is 0 Å². The Labute approximate surface area is 117 Å². The van der Waals surface area contributed by atoms with E-state index in [0.717, 1.165) is 5.56 Å². The SMILES string of the molecule is Cc1ccc(C(=O)Nc2nnc(S(=O)(=O)Cl)s2)cc1. The van der Waals surface area contributed by atoms with Crippen LogP contribution in [0.2, 0.25) is 0 Å². The predicted molar refractivity (Wildman–Crippen MR) is 72.1 cm³/mol. The van der Waals surface area contributed by atoms with Gasteiger partial charge in [-0.1, -0.05) is 29.0 Å². The maximum atomic E-state index is 11.8. The normalized spacial score (nSPS) is 11.3. The molecule has 0 fully saturated rings. The molecule has 0 unspecified atom stereocenters. The van der Waals surface area contributed by atoms with Crippen molar-refractivity contribution in [1.82, 2.24) is 10.2 Å². The van der Waals surface area contributed by atoms with Crippen molar-refractivity contribution in [3.05, 3.63) is 35.4 Å². The van der Waals surface area contributed by atoms with E-state index in [9.17, 15) is 13.2 Å². The van der Waals surface area contributed by atoms with Crippen LogP contribution < -0.4 is 5.32 Å². The molecule has 19 heavy (non-hydrogen) atoms. The Morgan fingerprint density at radius 3 is 2.42 bits per heavy atom. The van der Waals surface area contributed by atoms with E-state index in [4.69, 9.17) is 10.7 Å². The second-order valence-electron chi connectivity index (χ2n) is 3.63. The van der Waals surface area contributed by atoms with Gasteiger partial charge >= 0.3 is 0 Å². The molecule has 1 aromatic heterocycles. The summed E-state index contributed by atoms with van der Waals surface area (Å²) in [6.45, 7) is 1.91. The lowest BCUT2D eigenvalue weighted by molar-refractivity contribution is 0.102. The van der Waals surface area contributed by atoms with Crippen molar-refractivity contribution >= 4 is 42.1 Å². The highest BCUT2D eigenvalue weighted by atomic mass is 35.7. The number of benzene rings is 1. The lowest BCUT2D eigenvalue weighted by Crippen LogP contribution is -2.11. The molecule has 1 heterocycles. The fourth-order valence-electron chi connectivity index (χ4n) is 1.23. The van der Waals surface area contributed by atoms with Crippen LogP contribution in [0, 0.1) is 6.92 Å². The van der Waals surface area contributed by atoms with Gasteiger partial charge in [-0.2, -0.15) is 0 Å². The van der Waals surface area contributed by atoms with Gasteiger partial charge in [0, 0.05) is 16.2 Å². The van der Waals surface area contributed by atoms with Crippen LogP contribution in [0.1, 0.15) is 15.9 Å². The summed E-state index contributed by atoms with van der Waals surface area (Å²) in [5.41, 5.74) is 1.47. The average Bonchev–Trinajstić information content (AvgIpc) is 2.78. The summed E-state index contributed by atoms with van der Waals surface area (Å²) in [7, 11) is 1.19. The first-order chi connectivity index (χ1) is 8.86. The van der Waals surface area contributed by atoms with Gasteiger partial charge in [0.15, 0.2) is 0 Å². The number of carbonyl (C=O) groups excluding carboxylic acids is 1. The molecule has 0 atom stereocenters. The molecule has 0 saturated heterocycles. The molecular weight excluding hydrogens is 310 g/mol. The zero-order valence-corrected chi connectivity index (χ0v) is 12.0. The zero-order valence-electron chi connectivity index (χ0n) is 9.62. The Bertz CT molecular complexity index is 710. The van der Waals surface area contributed by atoms with Crippen LogP contribution in [0.5, 0.6) is 0 Å². The van der Waals surface area contributed by atoms with E-state index in [0.29, 0.717) is 16.9 Å². The molecule has 1 N–H and O–H groups in total. The smallest absolute Gasteiger partial charge is 0.290 e. The largest absolute Gasteiger partial charge is 0.296 e. The third-order valence-corrected chi connectivity index (χ3v) is 4.90. The molecule has 0 aliphatic heterocycles. The zero-order chi connectivity index (χ0) is 14.0. The summed E-state index contributed by atoms with van der Waals surface area (Å²) >= 11 is 0.692. The first kappa shape index (κ1) is 13.9. The monoisotopic (exact) mass is 317 g/mol. The average molecular weight is 318 g/mol. The first-order valence-corrected chi connectivity index (χ1v) is 8.15. The van der Waals surface area contributed by atoms with Crippen molar-refractivity contribution in [2.45, 2.75) is 11.3 Å². The standard InChI is InChI=1S/C10H8ClN3O3S2/c1-6-2-4-7(5-3-6)8(15)12-9-13-14-10(18-9)19(11,16)17/h2-5H,1H3,(H,12,13,15). The molecule has 0 radical (unpaired) electrons. The number of aryl methyl sites for hydroxylation is 1. The van der Waals surface area contributed by atoms with Crippen molar-refractivity contribution in [2.24, 2.45) is 0 Å². The molecule has 0 aliphatic carbocycles. The Hall–Kier alpha value is -1.51. The predicted octanol–water partition coefficient (Wildman–Crippen LogP) is 2.03. The van der Waals surface area contributed by atoms with Crippen LogP contribution in [-0.2, 0) is 9.05 Å². The lowest BCUT2D eigenvalue weighted by Gasteiger charge is -2.00. The molecule has 2 rings (SSSR count). The molecule has 0 spiro atoms. The van der Waals surface area contributed by atoms with E-state index in [1.165, 1.54) is 0 Å². The van der Waals surface area contributed by atoms with Gasteiger partial charge in [0.05, 0.1) is 0 Å². The summed E-state index contributed by atoms with van der Waals surface area (Å²) in [6.07, 6.45) is 0. The molecule has 6 nitrogen and oxygen atoms in total. The molecule has 100 valence electrons. The van der Waals surface area contributed by atoms with E-state index in [1.54, 1.807) is 24.3 Å². The second-order valence-corrected chi connectivity index (χ2v) is 7.35. The molecule has 0 aliphatic rings. The number of halogens is 1. The fraction of sp³-hybridized carbons (Fsp3) is 0.100. The van der Waals surface area contributed by atoms with Gasteiger partial charge in [-0.3, -0.25) is 10.1 Å². The maximum Gasteiger partial charge on any atom is 0.290 e. The van der Waals surface area contributed by atoms with E-state index in [-0.39, 0.29) is 9.47 Å². The number of rotatable bonds is 3. The second kappa shape index (κ2) is 5.24. The van der Waals surface area contributed by atoms with E-state index in [1.807, 2.05) is 6.92 Å². The van der Waals surface area contributed by atoms with Crippen LogP contribution in [0.15, 0.2) is 28.6 Å². The topological polar surface area (TPSA) is 89.0 Å². The summed E-state index contributed by atoms with van der Waals surface area (Å²) in [5, 5.41) is 9.45. The number of hydrogen-bond acceptors (Lipinski definition) is 6. The van der Waals surface area contributed by atoms with E-state index < -0.39 is 15.0 Å². The van der Waals surface area contributed by atoms with Gasteiger partial charge in [-0.15, -0.1) is 10.2 Å². The Morgan fingerprint density at radius 2 is 1.89 bits per heavy atom. The van der Waals surface area contributed by atoms with Crippen LogP contribution >= 0.6 is 22.0 Å². The molecule has 9 heteroatoms. The lowest BCUT2D eigenvalue weighted by atomic mass is 10.1. The summed E-state index contributed by atoms with van der Waals surface area (Å²) in [6, 6.07) is 6.91. The van der Waals surface area contributed by atoms with Crippen LogP contribution in [0.3, 0.4) is 0 Å². The number of carbonyl (C=O) groups is 1. The molecule has 0 bridgehead atoms. The van der Waals surface area contributed by atoms with Gasteiger partial charge in [0.1, 0.15) is 0 Å². The number of nitrogens with zero attached hydrogens (tertiary/aromatic N) is 2. The number of anilines is 1. The van der Waals surface area contributed by atoms with Crippen molar-refractivity contribution in [3.8, 4) is 0 Å². The van der Waals surface area contributed by atoms with Crippen LogP contribution in [0.4, 0.5) is 5.13 Å². The van der Waals surface area contributed by atoms with Gasteiger partial charge in [-0.25, -0.2) is 8.42 Å². The molecule has 1 aromatic carbocycles. The minimum Gasteiger partial charge on any atom is -0.296 e. The molecule has 2 aromatic rings. The number of aromatic nitrogens is 2. The third-order valence-electron chi connectivity index (χ3n) is 2.15. The Balaban J connectivity index is 2.15. The summed E-state index contributed by atoms with van der Waals surface area (Å²) in [5.74, 6) is -0.394. The number of hydrogen-bond donors (Lipinski definition) is 1. The maximum absolute atomic E-state index is 11.8. The minimum atomic E-state index is -3.92. The highest BCUT2D eigenvalue weighted by Gasteiger charge is 2.18.